The summed E-state index contributed by atoms with van der Waals surface area (Å²) >= 11 is 0. The number of nitrogens with zero attached hydrogens (tertiary/aromatic N) is 2. The summed E-state index contributed by atoms with van der Waals surface area (Å²) in [4.78, 5) is 41.8. The average Bonchev–Trinajstić information content (AvgIpc) is 3.50. The summed E-state index contributed by atoms with van der Waals surface area (Å²) in [6.07, 6.45) is 14.0. The summed E-state index contributed by atoms with van der Waals surface area (Å²) in [5, 5.41) is 13.6. The number of amides is 3. The lowest BCUT2D eigenvalue weighted by molar-refractivity contribution is -0.144. The molecule has 2 aliphatic rings. The van der Waals surface area contributed by atoms with Gasteiger partial charge in [0.2, 0.25) is 5.91 Å². The standard InChI is InChI=1S/C36H57N5O4Si/c1-7-8-9-10-11-12-13-14-18-22-30(42)45-26-29(27-20-16-15-17-21-27)37-34(44)41-25-28-31(35(41,2)3)39-40-32(28)38-33(43)36(23-19-24-36)46(4,5)6/h15-17,20-21,29H,7-14,18-19,22-26H2,1-6H3,(H,37,44)(H2,38,39,40,43). The number of hydrogen-bond donors (Lipinski definition) is 3. The second-order valence-corrected chi connectivity index (χ2v) is 20.3. The molecule has 2 aromatic rings. The van der Waals surface area contributed by atoms with E-state index in [4.69, 9.17) is 4.74 Å². The predicted molar refractivity (Wildman–Crippen MR) is 186 cm³/mol. The summed E-state index contributed by atoms with van der Waals surface area (Å²) in [6, 6.07) is 8.86. The van der Waals surface area contributed by atoms with Gasteiger partial charge in [0.1, 0.15) is 6.61 Å². The Labute approximate surface area is 277 Å². The smallest absolute Gasteiger partial charge is 0.319 e. The molecule has 1 aliphatic heterocycles. The highest BCUT2D eigenvalue weighted by Gasteiger charge is 2.54. The fourth-order valence-electron chi connectivity index (χ4n) is 6.98. The average molecular weight is 652 g/mol. The van der Waals surface area contributed by atoms with Crippen LogP contribution in [0, 0.1) is 0 Å². The Morgan fingerprint density at radius 2 is 1.61 bits per heavy atom. The zero-order chi connectivity index (χ0) is 33.4. The van der Waals surface area contributed by atoms with Crippen molar-refractivity contribution in [2.75, 3.05) is 11.9 Å². The quantitative estimate of drug-likeness (QED) is 0.0900. The molecule has 46 heavy (non-hydrogen) atoms. The number of nitrogens with one attached hydrogen (secondary N) is 3. The second kappa shape index (κ2) is 15.6. The Hall–Kier alpha value is -3.14. The summed E-state index contributed by atoms with van der Waals surface area (Å²) < 4.78 is 5.70. The van der Waals surface area contributed by atoms with Crippen molar-refractivity contribution in [2.24, 2.45) is 0 Å². The number of anilines is 1. The van der Waals surface area contributed by atoms with Crippen LogP contribution >= 0.6 is 0 Å². The van der Waals surface area contributed by atoms with E-state index in [1.165, 1.54) is 38.5 Å². The molecular weight excluding hydrogens is 595 g/mol. The first-order valence-corrected chi connectivity index (χ1v) is 21.1. The Morgan fingerprint density at radius 1 is 0.978 bits per heavy atom. The third-order valence-corrected chi connectivity index (χ3v) is 14.0. The highest BCUT2D eigenvalue weighted by molar-refractivity contribution is 6.83. The highest BCUT2D eigenvalue weighted by atomic mass is 28.3. The summed E-state index contributed by atoms with van der Waals surface area (Å²) in [6.45, 7) is 13.3. The van der Waals surface area contributed by atoms with Crippen molar-refractivity contribution >= 4 is 31.8 Å². The Bertz CT molecular complexity index is 1320. The summed E-state index contributed by atoms with van der Waals surface area (Å²) in [5.74, 6) is 0.336. The van der Waals surface area contributed by atoms with Crippen LogP contribution in [0.4, 0.5) is 10.6 Å². The van der Waals surface area contributed by atoms with Crippen LogP contribution in [0.3, 0.4) is 0 Å². The van der Waals surface area contributed by atoms with Gasteiger partial charge in [-0.05, 0) is 38.7 Å². The number of fused-ring (bicyclic) bond motifs is 1. The monoisotopic (exact) mass is 651 g/mol. The third-order valence-electron chi connectivity index (χ3n) is 10.4. The normalized spacial score (nSPS) is 17.1. The zero-order valence-corrected chi connectivity index (χ0v) is 30.1. The maximum absolute atomic E-state index is 13.8. The third kappa shape index (κ3) is 8.22. The van der Waals surface area contributed by atoms with Crippen molar-refractivity contribution in [1.82, 2.24) is 20.4 Å². The SMILES string of the molecule is CCCCCCCCCCCC(=O)OCC(NC(=O)N1Cc2c(NC(=O)C3([Si](C)(C)C)CCC3)n[nH]c2C1(C)C)c1ccccc1. The van der Waals surface area contributed by atoms with Crippen molar-refractivity contribution in [2.45, 2.75) is 147 Å². The summed E-state index contributed by atoms with van der Waals surface area (Å²) in [7, 11) is -1.75. The van der Waals surface area contributed by atoms with E-state index in [1.807, 2.05) is 44.2 Å². The van der Waals surface area contributed by atoms with Gasteiger partial charge in [-0.3, -0.25) is 14.7 Å². The van der Waals surface area contributed by atoms with E-state index in [1.54, 1.807) is 4.90 Å². The molecule has 10 heteroatoms. The van der Waals surface area contributed by atoms with Gasteiger partial charge >= 0.3 is 12.0 Å². The molecule has 0 radical (unpaired) electrons. The molecular formula is C36H57N5O4Si. The lowest BCUT2D eigenvalue weighted by Crippen LogP contribution is -2.52. The number of urea groups is 1. The number of aromatic amines is 1. The van der Waals surface area contributed by atoms with Gasteiger partial charge in [0.05, 0.1) is 31.9 Å². The Kier molecular flexibility index (Phi) is 12.1. The van der Waals surface area contributed by atoms with E-state index in [9.17, 15) is 14.4 Å². The van der Waals surface area contributed by atoms with Crippen LogP contribution in [0.15, 0.2) is 30.3 Å². The van der Waals surface area contributed by atoms with Crippen molar-refractivity contribution in [3.63, 3.8) is 0 Å². The van der Waals surface area contributed by atoms with Crippen LogP contribution in [0.1, 0.15) is 127 Å². The second-order valence-electron chi connectivity index (χ2n) is 14.9. The van der Waals surface area contributed by atoms with E-state index < -0.39 is 19.7 Å². The zero-order valence-electron chi connectivity index (χ0n) is 29.1. The van der Waals surface area contributed by atoms with Crippen molar-refractivity contribution in [3.05, 3.63) is 47.2 Å². The van der Waals surface area contributed by atoms with Crippen LogP contribution in [-0.2, 0) is 26.4 Å². The minimum Gasteiger partial charge on any atom is -0.463 e. The van der Waals surface area contributed by atoms with E-state index in [-0.39, 0.29) is 29.6 Å². The van der Waals surface area contributed by atoms with Gasteiger partial charge in [-0.15, -0.1) is 0 Å². The molecule has 254 valence electrons. The van der Waals surface area contributed by atoms with Crippen LogP contribution in [0.25, 0.3) is 0 Å². The maximum atomic E-state index is 13.8. The van der Waals surface area contributed by atoms with E-state index >= 15 is 0 Å². The van der Waals surface area contributed by atoms with Gasteiger partial charge in [-0.1, -0.05) is 115 Å². The van der Waals surface area contributed by atoms with Crippen LogP contribution in [0.2, 0.25) is 24.7 Å². The number of hydrogen-bond acceptors (Lipinski definition) is 5. The van der Waals surface area contributed by atoms with Gasteiger partial charge in [-0.25, -0.2) is 4.79 Å². The summed E-state index contributed by atoms with van der Waals surface area (Å²) in [5.41, 5.74) is 1.84. The molecule has 9 nitrogen and oxygen atoms in total. The number of rotatable bonds is 17. The highest BCUT2D eigenvalue weighted by Crippen LogP contribution is 2.56. The molecule has 3 amide bonds. The van der Waals surface area contributed by atoms with Gasteiger partial charge in [0.15, 0.2) is 5.82 Å². The fourth-order valence-corrected chi connectivity index (χ4v) is 9.58. The lowest BCUT2D eigenvalue weighted by atomic mass is 9.83. The number of ether oxygens (including phenoxy) is 1. The first-order valence-electron chi connectivity index (χ1n) is 17.6. The Morgan fingerprint density at radius 3 is 2.20 bits per heavy atom. The molecule has 1 fully saturated rings. The largest absolute Gasteiger partial charge is 0.463 e. The molecule has 1 atom stereocenters. The molecule has 0 saturated heterocycles. The van der Waals surface area contributed by atoms with Crippen LogP contribution in [-0.4, -0.2) is 47.7 Å². The number of unbranched alkanes of at least 4 members (excludes halogenated alkanes) is 8. The molecule has 3 N–H and O–H groups in total. The van der Waals surface area contributed by atoms with Crippen LogP contribution < -0.4 is 10.6 Å². The fraction of sp³-hybridized carbons (Fsp3) is 0.667. The number of carbonyl (C=O) groups excluding carboxylic acids is 3. The van der Waals surface area contributed by atoms with E-state index in [2.05, 4.69) is 47.4 Å². The minimum absolute atomic E-state index is 0.0568. The Balaban J connectivity index is 1.33. The molecule has 1 aliphatic carbocycles. The van der Waals surface area contributed by atoms with Crippen LogP contribution in [0.5, 0.6) is 0 Å². The lowest BCUT2D eigenvalue weighted by Gasteiger charge is -2.48. The molecule has 1 aromatic carbocycles. The first kappa shape index (κ1) is 35.7. The molecule has 1 saturated carbocycles. The molecule has 1 unspecified atom stereocenters. The number of H-pyrrole nitrogens is 1. The van der Waals surface area contributed by atoms with Gasteiger partial charge in [-0.2, -0.15) is 5.10 Å². The maximum Gasteiger partial charge on any atom is 0.319 e. The van der Waals surface area contributed by atoms with Crippen molar-refractivity contribution < 1.29 is 19.1 Å². The minimum atomic E-state index is -1.75. The number of benzene rings is 1. The van der Waals surface area contributed by atoms with Gasteiger partial charge in [0, 0.05) is 17.0 Å². The van der Waals surface area contributed by atoms with E-state index in [0.717, 1.165) is 55.3 Å². The topological polar surface area (TPSA) is 116 Å². The van der Waals surface area contributed by atoms with E-state index in [0.29, 0.717) is 18.8 Å². The molecule has 4 rings (SSSR count). The molecule has 0 bridgehead atoms. The predicted octanol–water partition coefficient (Wildman–Crippen LogP) is 8.58. The van der Waals surface area contributed by atoms with Gasteiger partial charge < -0.3 is 20.3 Å². The van der Waals surface area contributed by atoms with Crippen molar-refractivity contribution in [1.29, 1.82) is 0 Å². The molecule has 2 heterocycles. The molecule has 1 aromatic heterocycles. The first-order chi connectivity index (χ1) is 21.9. The number of carbonyl (C=O) groups is 3. The molecule has 0 spiro atoms. The number of aromatic nitrogens is 2. The van der Waals surface area contributed by atoms with Crippen molar-refractivity contribution in [3.8, 4) is 0 Å². The number of esters is 1. The van der Waals surface area contributed by atoms with Gasteiger partial charge in [0.25, 0.3) is 0 Å².